The van der Waals surface area contributed by atoms with Crippen LogP contribution in [0.25, 0.3) is 0 Å². The van der Waals surface area contributed by atoms with Crippen LogP contribution < -0.4 is 5.73 Å². The quantitative estimate of drug-likeness (QED) is 0.671. The van der Waals surface area contributed by atoms with Gasteiger partial charge in [-0.3, -0.25) is 0 Å². The lowest BCUT2D eigenvalue weighted by molar-refractivity contribution is 0.108. The van der Waals surface area contributed by atoms with Crippen LogP contribution >= 0.6 is 0 Å². The van der Waals surface area contributed by atoms with Crippen molar-refractivity contribution in [3.63, 3.8) is 0 Å². The fraction of sp³-hybridized carbons (Fsp3) is 0.500. The van der Waals surface area contributed by atoms with E-state index in [-0.39, 0.29) is 6.10 Å². The van der Waals surface area contributed by atoms with E-state index in [9.17, 15) is 0 Å². The van der Waals surface area contributed by atoms with Crippen LogP contribution in [0.2, 0.25) is 0 Å². The molecule has 0 amide bonds. The minimum absolute atomic E-state index is 0.135. The summed E-state index contributed by atoms with van der Waals surface area (Å²) in [5.41, 5.74) is 6.42. The van der Waals surface area contributed by atoms with Crippen molar-refractivity contribution in [1.82, 2.24) is 9.97 Å². The van der Waals surface area contributed by atoms with Crippen molar-refractivity contribution >= 4 is 5.82 Å². The molecule has 2 rings (SSSR count). The Morgan fingerprint density at radius 1 is 1.50 bits per heavy atom. The Labute approximate surface area is 70.8 Å². The molecular weight excluding hydrogens is 154 g/mol. The van der Waals surface area contributed by atoms with Crippen LogP contribution in [-0.2, 0) is 4.74 Å². The highest BCUT2D eigenvalue weighted by molar-refractivity contribution is 5.28. The molecule has 0 radical (unpaired) electrons. The Bertz CT molecular complexity index is 271. The lowest BCUT2D eigenvalue weighted by atomic mass is 10.2. The molecule has 0 bridgehead atoms. The van der Waals surface area contributed by atoms with Gasteiger partial charge in [-0.1, -0.05) is 0 Å². The molecule has 1 saturated heterocycles. The van der Waals surface area contributed by atoms with Gasteiger partial charge < -0.3 is 10.5 Å². The van der Waals surface area contributed by atoms with Crippen molar-refractivity contribution in [2.75, 3.05) is 12.3 Å². The molecule has 4 heteroatoms. The van der Waals surface area contributed by atoms with Gasteiger partial charge in [0.15, 0.2) is 0 Å². The normalized spacial score (nSPS) is 22.8. The summed E-state index contributed by atoms with van der Waals surface area (Å²) in [6.07, 6.45) is 3.76. The zero-order valence-electron chi connectivity index (χ0n) is 6.73. The maximum atomic E-state index is 5.52. The maximum Gasteiger partial charge on any atom is 0.127 e. The van der Waals surface area contributed by atoms with Crippen molar-refractivity contribution in [1.29, 1.82) is 0 Å². The molecule has 12 heavy (non-hydrogen) atoms. The van der Waals surface area contributed by atoms with Gasteiger partial charge in [0.25, 0.3) is 0 Å². The molecule has 0 aromatic carbocycles. The number of aromatic nitrogens is 2. The summed E-state index contributed by atoms with van der Waals surface area (Å²) in [6.45, 7) is 0.828. The van der Waals surface area contributed by atoms with Crippen LogP contribution in [0.15, 0.2) is 12.4 Å². The molecule has 0 unspecified atom stereocenters. The van der Waals surface area contributed by atoms with Crippen molar-refractivity contribution in [2.45, 2.75) is 18.9 Å². The molecule has 1 atom stereocenters. The fourth-order valence-corrected chi connectivity index (χ4v) is 1.38. The molecule has 1 aliphatic heterocycles. The number of hydrogen-bond acceptors (Lipinski definition) is 4. The molecule has 64 valence electrons. The van der Waals surface area contributed by atoms with E-state index in [4.69, 9.17) is 10.5 Å². The number of anilines is 1. The van der Waals surface area contributed by atoms with Crippen LogP contribution in [0.1, 0.15) is 24.6 Å². The first-order chi connectivity index (χ1) is 5.86. The van der Waals surface area contributed by atoms with Crippen LogP contribution in [0.3, 0.4) is 0 Å². The van der Waals surface area contributed by atoms with E-state index in [2.05, 4.69) is 9.97 Å². The smallest absolute Gasteiger partial charge is 0.127 e. The van der Waals surface area contributed by atoms with Crippen molar-refractivity contribution in [3.8, 4) is 0 Å². The van der Waals surface area contributed by atoms with Crippen LogP contribution in [0.5, 0.6) is 0 Å². The lowest BCUT2D eigenvalue weighted by Gasteiger charge is -2.07. The number of ether oxygens (including phenoxy) is 1. The van der Waals surface area contributed by atoms with Gasteiger partial charge in [0.05, 0.1) is 11.8 Å². The average Bonchev–Trinajstić information content (AvgIpc) is 2.56. The molecule has 0 saturated carbocycles. The first-order valence-corrected chi connectivity index (χ1v) is 4.05. The Morgan fingerprint density at radius 3 is 3.08 bits per heavy atom. The lowest BCUT2D eigenvalue weighted by Crippen LogP contribution is -2.01. The number of nitrogens with zero attached hydrogens (tertiary/aromatic N) is 2. The van der Waals surface area contributed by atoms with E-state index in [0.29, 0.717) is 5.82 Å². The van der Waals surface area contributed by atoms with Gasteiger partial charge in [0, 0.05) is 12.7 Å². The van der Waals surface area contributed by atoms with E-state index < -0.39 is 0 Å². The van der Waals surface area contributed by atoms with Crippen molar-refractivity contribution < 1.29 is 4.74 Å². The number of nitrogens with two attached hydrogens (primary N) is 1. The topological polar surface area (TPSA) is 61.0 Å². The third-order valence-electron chi connectivity index (χ3n) is 1.97. The fourth-order valence-electron chi connectivity index (χ4n) is 1.38. The largest absolute Gasteiger partial charge is 0.384 e. The number of nitrogen functional groups attached to an aromatic ring is 1. The minimum atomic E-state index is 0.135. The van der Waals surface area contributed by atoms with Crippen LogP contribution in [-0.4, -0.2) is 16.6 Å². The molecule has 1 fully saturated rings. The summed E-state index contributed by atoms with van der Waals surface area (Å²) >= 11 is 0. The van der Waals surface area contributed by atoms with Gasteiger partial charge >= 0.3 is 0 Å². The summed E-state index contributed by atoms with van der Waals surface area (Å²) in [4.78, 5) is 7.93. The summed E-state index contributed by atoms with van der Waals surface area (Å²) in [6, 6.07) is 1.77. The number of rotatable bonds is 1. The van der Waals surface area contributed by atoms with Gasteiger partial charge in [-0.2, -0.15) is 0 Å². The monoisotopic (exact) mass is 165 g/mol. The summed E-state index contributed by atoms with van der Waals surface area (Å²) in [5, 5.41) is 0. The van der Waals surface area contributed by atoms with Gasteiger partial charge in [0.1, 0.15) is 12.1 Å². The molecule has 1 aliphatic rings. The van der Waals surface area contributed by atoms with Crippen LogP contribution in [0, 0.1) is 0 Å². The van der Waals surface area contributed by atoms with Gasteiger partial charge in [-0.15, -0.1) is 0 Å². The van der Waals surface area contributed by atoms with E-state index in [0.717, 1.165) is 25.1 Å². The second-order valence-corrected chi connectivity index (χ2v) is 2.87. The standard InChI is InChI=1S/C8H11N3O/c9-8-4-6(10-5-11-8)7-2-1-3-12-7/h4-5,7H,1-3H2,(H2,9,10,11)/t7-/m0/s1. The molecular formula is C8H11N3O. The van der Waals surface area contributed by atoms with Gasteiger partial charge in [0.2, 0.25) is 0 Å². The Morgan fingerprint density at radius 2 is 2.42 bits per heavy atom. The third-order valence-corrected chi connectivity index (χ3v) is 1.97. The van der Waals surface area contributed by atoms with E-state index >= 15 is 0 Å². The van der Waals surface area contributed by atoms with Crippen molar-refractivity contribution in [3.05, 3.63) is 18.1 Å². The Balaban J connectivity index is 2.21. The molecule has 2 N–H and O–H groups in total. The summed E-state index contributed by atoms with van der Waals surface area (Å²) in [7, 11) is 0. The van der Waals surface area contributed by atoms with Crippen molar-refractivity contribution in [2.24, 2.45) is 0 Å². The summed E-state index contributed by atoms with van der Waals surface area (Å²) < 4.78 is 5.45. The van der Waals surface area contributed by atoms with E-state index in [1.807, 2.05) is 0 Å². The first-order valence-electron chi connectivity index (χ1n) is 4.05. The third kappa shape index (κ3) is 1.38. The maximum absolute atomic E-state index is 5.52. The Kier molecular flexibility index (Phi) is 1.91. The molecule has 4 nitrogen and oxygen atoms in total. The van der Waals surface area contributed by atoms with Gasteiger partial charge in [-0.25, -0.2) is 9.97 Å². The molecule has 1 aromatic rings. The predicted molar refractivity (Wildman–Crippen MR) is 44.4 cm³/mol. The second-order valence-electron chi connectivity index (χ2n) is 2.87. The Hall–Kier alpha value is -1.16. The molecule has 0 aliphatic carbocycles. The zero-order chi connectivity index (χ0) is 8.39. The first kappa shape index (κ1) is 7.49. The SMILES string of the molecule is Nc1cc([C@@H]2CCCO2)ncn1. The molecule has 1 aromatic heterocycles. The summed E-state index contributed by atoms with van der Waals surface area (Å²) in [5.74, 6) is 0.510. The predicted octanol–water partition coefficient (Wildman–Crippen LogP) is 0.910. The highest BCUT2D eigenvalue weighted by Crippen LogP contribution is 2.26. The van der Waals surface area contributed by atoms with E-state index in [1.54, 1.807) is 6.07 Å². The highest BCUT2D eigenvalue weighted by atomic mass is 16.5. The minimum Gasteiger partial charge on any atom is -0.384 e. The number of hydrogen-bond donors (Lipinski definition) is 1. The van der Waals surface area contributed by atoms with E-state index in [1.165, 1.54) is 6.33 Å². The van der Waals surface area contributed by atoms with Gasteiger partial charge in [-0.05, 0) is 12.8 Å². The van der Waals surface area contributed by atoms with Crippen LogP contribution in [0.4, 0.5) is 5.82 Å². The zero-order valence-corrected chi connectivity index (χ0v) is 6.73. The highest BCUT2D eigenvalue weighted by Gasteiger charge is 2.18. The second kappa shape index (κ2) is 3.06. The molecule has 2 heterocycles. The average molecular weight is 165 g/mol. The molecule has 0 spiro atoms.